The van der Waals surface area contributed by atoms with E-state index in [9.17, 15) is 9.59 Å². The molecule has 0 bridgehead atoms. The molecule has 0 saturated carbocycles. The molecule has 116 valence electrons. The van der Waals surface area contributed by atoms with Crippen molar-refractivity contribution in [2.24, 2.45) is 0 Å². The van der Waals surface area contributed by atoms with E-state index < -0.39 is 5.41 Å². The third kappa shape index (κ3) is 3.01. The number of anilines is 2. The highest BCUT2D eigenvalue weighted by atomic mass is 16.2. The Kier molecular flexibility index (Phi) is 3.74. The van der Waals surface area contributed by atoms with Gasteiger partial charge in [-0.2, -0.15) is 0 Å². The first-order chi connectivity index (χ1) is 11.0. The normalized spacial score (nSPS) is 15.3. The number of amides is 2. The molecule has 2 aromatic rings. The lowest BCUT2D eigenvalue weighted by Crippen LogP contribution is -2.26. The zero-order valence-corrected chi connectivity index (χ0v) is 13.1. The Balaban J connectivity index is 1.72. The smallest absolute Gasteiger partial charge is 0.248 e. The molecule has 0 aromatic heterocycles. The van der Waals surface area contributed by atoms with E-state index in [0.717, 1.165) is 16.8 Å². The minimum Gasteiger partial charge on any atom is -0.325 e. The van der Waals surface area contributed by atoms with Gasteiger partial charge in [0.2, 0.25) is 11.8 Å². The summed E-state index contributed by atoms with van der Waals surface area (Å²) in [5, 5.41) is 5.66. The van der Waals surface area contributed by atoms with Gasteiger partial charge < -0.3 is 10.6 Å². The molecule has 0 aliphatic carbocycles. The van der Waals surface area contributed by atoms with Crippen LogP contribution in [0.15, 0.2) is 54.6 Å². The lowest BCUT2D eigenvalue weighted by molar-refractivity contribution is -0.119. The molecule has 2 amide bonds. The average molecular weight is 306 g/mol. The van der Waals surface area contributed by atoms with Gasteiger partial charge in [0.15, 0.2) is 0 Å². The van der Waals surface area contributed by atoms with Crippen LogP contribution in [0.25, 0.3) is 6.08 Å². The third-order valence-corrected chi connectivity index (χ3v) is 4.00. The molecule has 4 nitrogen and oxygen atoms in total. The zero-order valence-electron chi connectivity index (χ0n) is 13.1. The maximum atomic E-state index is 12.0. The molecule has 23 heavy (non-hydrogen) atoms. The van der Waals surface area contributed by atoms with Gasteiger partial charge >= 0.3 is 0 Å². The Labute approximate surface area is 135 Å². The van der Waals surface area contributed by atoms with E-state index in [-0.39, 0.29) is 11.8 Å². The highest BCUT2D eigenvalue weighted by Crippen LogP contribution is 2.38. The first-order valence-corrected chi connectivity index (χ1v) is 7.47. The van der Waals surface area contributed by atoms with Crippen molar-refractivity contribution in [1.29, 1.82) is 0 Å². The SMILES string of the molecule is CC1(C)C(=O)Nc2cc(NC(=O)C=Cc3ccccc3)ccc21. The predicted molar refractivity (Wildman–Crippen MR) is 92.2 cm³/mol. The minimum absolute atomic E-state index is 0.0278. The fourth-order valence-corrected chi connectivity index (χ4v) is 2.59. The van der Waals surface area contributed by atoms with E-state index in [0.29, 0.717) is 5.69 Å². The summed E-state index contributed by atoms with van der Waals surface area (Å²) in [6.45, 7) is 3.77. The number of fused-ring (bicyclic) bond motifs is 1. The summed E-state index contributed by atoms with van der Waals surface area (Å²) in [6.07, 6.45) is 3.25. The Hall–Kier alpha value is -2.88. The number of carbonyl (C=O) groups excluding carboxylic acids is 2. The van der Waals surface area contributed by atoms with Crippen LogP contribution in [-0.2, 0) is 15.0 Å². The molecule has 2 aromatic carbocycles. The van der Waals surface area contributed by atoms with Crippen LogP contribution < -0.4 is 10.6 Å². The lowest BCUT2D eigenvalue weighted by atomic mass is 9.86. The molecular weight excluding hydrogens is 288 g/mol. The van der Waals surface area contributed by atoms with Crippen LogP contribution in [0.4, 0.5) is 11.4 Å². The molecule has 0 unspecified atom stereocenters. The monoisotopic (exact) mass is 306 g/mol. The zero-order chi connectivity index (χ0) is 16.4. The number of benzene rings is 2. The van der Waals surface area contributed by atoms with Gasteiger partial charge in [-0.15, -0.1) is 0 Å². The van der Waals surface area contributed by atoms with E-state index in [1.54, 1.807) is 12.1 Å². The maximum absolute atomic E-state index is 12.0. The Bertz CT molecular complexity index is 792. The summed E-state index contributed by atoms with van der Waals surface area (Å²) in [5.74, 6) is -0.239. The van der Waals surface area contributed by atoms with Crippen LogP contribution in [-0.4, -0.2) is 11.8 Å². The standard InChI is InChI=1S/C19H18N2O2/c1-19(2)15-10-9-14(12-16(15)21-18(19)23)20-17(22)11-8-13-6-4-3-5-7-13/h3-12H,1-2H3,(H,20,22)(H,21,23). The van der Waals surface area contributed by atoms with Crippen LogP contribution in [0.5, 0.6) is 0 Å². The summed E-state index contributed by atoms with van der Waals surface area (Å²) in [5.41, 5.74) is 2.78. The van der Waals surface area contributed by atoms with Gasteiger partial charge in [-0.05, 0) is 43.2 Å². The van der Waals surface area contributed by atoms with Crippen LogP contribution in [0.2, 0.25) is 0 Å². The van der Waals surface area contributed by atoms with Gasteiger partial charge in [0.05, 0.1) is 5.41 Å². The second-order valence-electron chi connectivity index (χ2n) is 6.07. The van der Waals surface area contributed by atoms with Crippen molar-refractivity contribution in [1.82, 2.24) is 0 Å². The molecule has 1 aliphatic rings. The molecule has 1 aliphatic heterocycles. The van der Waals surface area contributed by atoms with Crippen molar-refractivity contribution in [3.63, 3.8) is 0 Å². The van der Waals surface area contributed by atoms with Crippen LogP contribution in [0, 0.1) is 0 Å². The molecular formula is C19H18N2O2. The third-order valence-electron chi connectivity index (χ3n) is 4.00. The second kappa shape index (κ2) is 5.72. The quantitative estimate of drug-likeness (QED) is 0.852. The van der Waals surface area contributed by atoms with E-state index >= 15 is 0 Å². The Morgan fingerprint density at radius 1 is 1.13 bits per heavy atom. The molecule has 0 radical (unpaired) electrons. The summed E-state index contributed by atoms with van der Waals surface area (Å²) < 4.78 is 0. The number of hydrogen-bond acceptors (Lipinski definition) is 2. The first kappa shape index (κ1) is 15.0. The van der Waals surface area contributed by atoms with Crippen molar-refractivity contribution in [2.75, 3.05) is 10.6 Å². The van der Waals surface area contributed by atoms with Gasteiger partial charge in [0.1, 0.15) is 0 Å². The first-order valence-electron chi connectivity index (χ1n) is 7.47. The van der Waals surface area contributed by atoms with Crippen molar-refractivity contribution < 1.29 is 9.59 Å². The predicted octanol–water partition coefficient (Wildman–Crippen LogP) is 3.57. The van der Waals surface area contributed by atoms with Crippen molar-refractivity contribution in [3.8, 4) is 0 Å². The fourth-order valence-electron chi connectivity index (χ4n) is 2.59. The second-order valence-corrected chi connectivity index (χ2v) is 6.07. The highest BCUT2D eigenvalue weighted by molar-refractivity contribution is 6.07. The van der Waals surface area contributed by atoms with Crippen LogP contribution in [0.3, 0.4) is 0 Å². The Morgan fingerprint density at radius 3 is 2.61 bits per heavy atom. The van der Waals surface area contributed by atoms with Gasteiger partial charge in [-0.3, -0.25) is 9.59 Å². The molecule has 0 saturated heterocycles. The largest absolute Gasteiger partial charge is 0.325 e. The molecule has 4 heteroatoms. The Morgan fingerprint density at radius 2 is 1.87 bits per heavy atom. The fraction of sp³-hybridized carbons (Fsp3) is 0.158. The molecule has 1 heterocycles. The topological polar surface area (TPSA) is 58.2 Å². The number of hydrogen-bond donors (Lipinski definition) is 2. The summed E-state index contributed by atoms with van der Waals surface area (Å²) in [6, 6.07) is 15.1. The summed E-state index contributed by atoms with van der Waals surface area (Å²) in [4.78, 5) is 23.9. The van der Waals surface area contributed by atoms with Crippen LogP contribution in [0.1, 0.15) is 25.0 Å². The van der Waals surface area contributed by atoms with E-state index in [2.05, 4.69) is 10.6 Å². The van der Waals surface area contributed by atoms with Gasteiger partial charge in [-0.25, -0.2) is 0 Å². The number of carbonyl (C=O) groups is 2. The summed E-state index contributed by atoms with van der Waals surface area (Å²) >= 11 is 0. The van der Waals surface area contributed by atoms with Gasteiger partial charge in [0, 0.05) is 17.5 Å². The molecule has 0 fully saturated rings. The van der Waals surface area contributed by atoms with Crippen molar-refractivity contribution >= 4 is 29.3 Å². The molecule has 3 rings (SSSR count). The van der Waals surface area contributed by atoms with Gasteiger partial charge in [-0.1, -0.05) is 36.4 Å². The minimum atomic E-state index is -0.537. The lowest BCUT2D eigenvalue weighted by Gasteiger charge is -2.15. The van der Waals surface area contributed by atoms with E-state index in [1.165, 1.54) is 6.08 Å². The summed E-state index contributed by atoms with van der Waals surface area (Å²) in [7, 11) is 0. The molecule has 0 spiro atoms. The van der Waals surface area contributed by atoms with Crippen molar-refractivity contribution in [2.45, 2.75) is 19.3 Å². The highest BCUT2D eigenvalue weighted by Gasteiger charge is 2.38. The van der Waals surface area contributed by atoms with E-state index in [4.69, 9.17) is 0 Å². The maximum Gasteiger partial charge on any atom is 0.248 e. The van der Waals surface area contributed by atoms with E-state index in [1.807, 2.05) is 56.3 Å². The average Bonchev–Trinajstić information content (AvgIpc) is 2.75. The van der Waals surface area contributed by atoms with Crippen molar-refractivity contribution in [3.05, 3.63) is 65.7 Å². The van der Waals surface area contributed by atoms with Gasteiger partial charge in [0.25, 0.3) is 0 Å². The molecule has 0 atom stereocenters. The number of rotatable bonds is 3. The molecule has 2 N–H and O–H groups in total. The number of nitrogens with one attached hydrogen (secondary N) is 2. The van der Waals surface area contributed by atoms with Crippen LogP contribution >= 0.6 is 0 Å².